The van der Waals surface area contributed by atoms with Crippen molar-refractivity contribution in [2.45, 2.75) is 53.4 Å². The number of hydrogen-bond acceptors (Lipinski definition) is 5. The zero-order valence-corrected chi connectivity index (χ0v) is 17.3. The molecule has 0 spiro atoms. The van der Waals surface area contributed by atoms with E-state index >= 15 is 0 Å². The minimum absolute atomic E-state index is 0.0139. The third-order valence-corrected chi connectivity index (χ3v) is 4.87. The third kappa shape index (κ3) is 4.83. The predicted molar refractivity (Wildman–Crippen MR) is 109 cm³/mol. The van der Waals surface area contributed by atoms with Crippen LogP contribution in [0.3, 0.4) is 0 Å². The van der Waals surface area contributed by atoms with Gasteiger partial charge in [-0.3, -0.25) is 9.78 Å². The molecule has 0 bridgehead atoms. The number of carbonyl (C=O) groups excluding carboxylic acids is 1. The lowest BCUT2D eigenvalue weighted by Crippen LogP contribution is -2.33. The van der Waals surface area contributed by atoms with E-state index in [9.17, 15) is 4.79 Å². The highest BCUT2D eigenvalue weighted by molar-refractivity contribution is 6.30. The van der Waals surface area contributed by atoms with Gasteiger partial charge in [-0.05, 0) is 43.7 Å². The van der Waals surface area contributed by atoms with Crippen LogP contribution in [0.1, 0.15) is 51.8 Å². The standard InChI is InChI=1S/C21H27ClN4O/c1-5-26(13-15(27)12-21(2,3)4)20-16-7-6-8-17(16)24-19(25-20)18-11-14(22)9-10-23-18/h9-11H,5-8,12-13H2,1-4H3. The molecular formula is C21H27ClN4O. The molecule has 1 aliphatic carbocycles. The molecule has 0 aliphatic heterocycles. The molecule has 3 rings (SSSR count). The second-order valence-electron chi connectivity index (χ2n) is 8.30. The number of aromatic nitrogens is 3. The van der Waals surface area contributed by atoms with E-state index < -0.39 is 0 Å². The molecule has 1 aliphatic rings. The molecule has 0 fully saturated rings. The lowest BCUT2D eigenvalue weighted by Gasteiger charge is -2.26. The Morgan fingerprint density at radius 2 is 2.04 bits per heavy atom. The van der Waals surface area contributed by atoms with Gasteiger partial charge in [0.25, 0.3) is 0 Å². The van der Waals surface area contributed by atoms with E-state index in [1.807, 2.05) is 0 Å². The number of pyridine rings is 1. The van der Waals surface area contributed by atoms with Crippen LogP contribution < -0.4 is 4.90 Å². The highest BCUT2D eigenvalue weighted by Crippen LogP contribution is 2.31. The van der Waals surface area contributed by atoms with Crippen LogP contribution in [0.15, 0.2) is 18.3 Å². The molecule has 0 aromatic carbocycles. The van der Waals surface area contributed by atoms with Gasteiger partial charge in [-0.25, -0.2) is 9.97 Å². The number of halogens is 1. The Balaban J connectivity index is 1.96. The number of anilines is 1. The van der Waals surface area contributed by atoms with Crippen molar-refractivity contribution in [1.29, 1.82) is 0 Å². The summed E-state index contributed by atoms with van der Waals surface area (Å²) in [5.74, 6) is 1.69. The van der Waals surface area contributed by atoms with Gasteiger partial charge in [-0.15, -0.1) is 0 Å². The van der Waals surface area contributed by atoms with Crippen molar-refractivity contribution in [3.63, 3.8) is 0 Å². The summed E-state index contributed by atoms with van der Waals surface area (Å²) in [5.41, 5.74) is 2.89. The molecular weight excluding hydrogens is 360 g/mol. The topological polar surface area (TPSA) is 59.0 Å². The van der Waals surface area contributed by atoms with Crippen molar-refractivity contribution in [3.05, 3.63) is 34.6 Å². The third-order valence-electron chi connectivity index (χ3n) is 4.64. The minimum Gasteiger partial charge on any atom is -0.349 e. The molecule has 0 unspecified atom stereocenters. The number of rotatable bonds is 6. The summed E-state index contributed by atoms with van der Waals surface area (Å²) >= 11 is 6.12. The summed E-state index contributed by atoms with van der Waals surface area (Å²) < 4.78 is 0. The van der Waals surface area contributed by atoms with Gasteiger partial charge >= 0.3 is 0 Å². The Morgan fingerprint density at radius 1 is 1.26 bits per heavy atom. The maximum atomic E-state index is 12.6. The molecule has 2 heterocycles. The summed E-state index contributed by atoms with van der Waals surface area (Å²) in [6.45, 7) is 9.43. The molecule has 0 N–H and O–H groups in total. The van der Waals surface area contributed by atoms with E-state index in [0.29, 0.717) is 29.5 Å². The number of fused-ring (bicyclic) bond motifs is 1. The number of hydrogen-bond donors (Lipinski definition) is 0. The first-order valence-corrected chi connectivity index (χ1v) is 9.93. The SMILES string of the molecule is CCN(CC(=O)CC(C)(C)C)c1nc(-c2cc(Cl)ccn2)nc2c1CCC2. The normalized spacial score (nSPS) is 13.5. The number of carbonyl (C=O) groups is 1. The maximum Gasteiger partial charge on any atom is 0.180 e. The van der Waals surface area contributed by atoms with Gasteiger partial charge in [0.05, 0.1) is 6.54 Å². The largest absolute Gasteiger partial charge is 0.349 e. The van der Waals surface area contributed by atoms with Crippen LogP contribution in [-0.4, -0.2) is 33.8 Å². The highest BCUT2D eigenvalue weighted by atomic mass is 35.5. The molecule has 0 radical (unpaired) electrons. The second-order valence-corrected chi connectivity index (χ2v) is 8.74. The van der Waals surface area contributed by atoms with E-state index in [4.69, 9.17) is 21.6 Å². The highest BCUT2D eigenvalue weighted by Gasteiger charge is 2.25. The van der Waals surface area contributed by atoms with Crippen LogP contribution in [0.5, 0.6) is 0 Å². The van der Waals surface area contributed by atoms with E-state index in [-0.39, 0.29) is 11.2 Å². The summed E-state index contributed by atoms with van der Waals surface area (Å²) in [5, 5.41) is 0.610. The van der Waals surface area contributed by atoms with Crippen LogP contribution >= 0.6 is 11.6 Å². The first kappa shape index (κ1) is 19.7. The summed E-state index contributed by atoms with van der Waals surface area (Å²) in [6, 6.07) is 3.52. The maximum absolute atomic E-state index is 12.6. The molecule has 144 valence electrons. The lowest BCUT2D eigenvalue weighted by atomic mass is 9.90. The zero-order chi connectivity index (χ0) is 19.6. The van der Waals surface area contributed by atoms with E-state index in [1.54, 1.807) is 18.3 Å². The monoisotopic (exact) mass is 386 g/mol. The number of ketones is 1. The van der Waals surface area contributed by atoms with Crippen molar-refractivity contribution in [1.82, 2.24) is 15.0 Å². The molecule has 5 nitrogen and oxygen atoms in total. The van der Waals surface area contributed by atoms with Gasteiger partial charge in [-0.1, -0.05) is 32.4 Å². The number of Topliss-reactive ketones (excluding diaryl/α,β-unsaturated/α-hetero) is 1. The molecule has 0 saturated heterocycles. The van der Waals surface area contributed by atoms with Gasteiger partial charge in [0.15, 0.2) is 11.6 Å². The molecule has 2 aromatic heterocycles. The fourth-order valence-corrected chi connectivity index (χ4v) is 3.67. The second kappa shape index (κ2) is 7.93. The smallest absolute Gasteiger partial charge is 0.180 e. The molecule has 0 atom stereocenters. The zero-order valence-electron chi connectivity index (χ0n) is 16.5. The Kier molecular flexibility index (Phi) is 5.80. The fourth-order valence-electron chi connectivity index (χ4n) is 3.51. The Labute approximate surface area is 166 Å². The predicted octanol–water partition coefficient (Wildman–Crippen LogP) is 4.51. The van der Waals surface area contributed by atoms with Crippen LogP contribution in [0.4, 0.5) is 5.82 Å². The first-order valence-electron chi connectivity index (χ1n) is 9.55. The van der Waals surface area contributed by atoms with Gasteiger partial charge in [0.1, 0.15) is 11.5 Å². The van der Waals surface area contributed by atoms with E-state index in [0.717, 1.165) is 37.3 Å². The fraction of sp³-hybridized carbons (Fsp3) is 0.524. The first-order chi connectivity index (χ1) is 12.8. The van der Waals surface area contributed by atoms with Crippen molar-refractivity contribution < 1.29 is 4.79 Å². The number of aryl methyl sites for hydroxylation is 1. The Morgan fingerprint density at radius 3 is 2.70 bits per heavy atom. The molecule has 2 aromatic rings. The summed E-state index contributed by atoms with van der Waals surface area (Å²) in [7, 11) is 0. The van der Waals surface area contributed by atoms with Gasteiger partial charge in [-0.2, -0.15) is 0 Å². The lowest BCUT2D eigenvalue weighted by molar-refractivity contribution is -0.119. The van der Waals surface area contributed by atoms with Crippen molar-refractivity contribution in [2.75, 3.05) is 18.0 Å². The van der Waals surface area contributed by atoms with Crippen LogP contribution in [0.25, 0.3) is 11.5 Å². The number of likely N-dealkylation sites (N-methyl/N-ethyl adjacent to an activating group) is 1. The van der Waals surface area contributed by atoms with Crippen molar-refractivity contribution >= 4 is 23.2 Å². The molecule has 0 amide bonds. The average Bonchev–Trinajstić information content (AvgIpc) is 3.06. The van der Waals surface area contributed by atoms with E-state index in [2.05, 4.69) is 37.6 Å². The Bertz CT molecular complexity index is 845. The minimum atomic E-state index is -0.0139. The summed E-state index contributed by atoms with van der Waals surface area (Å²) in [4.78, 5) is 28.6. The average molecular weight is 387 g/mol. The van der Waals surface area contributed by atoms with Crippen LogP contribution in [-0.2, 0) is 17.6 Å². The molecule has 6 heteroatoms. The van der Waals surface area contributed by atoms with E-state index in [1.165, 1.54) is 5.56 Å². The van der Waals surface area contributed by atoms with Gasteiger partial charge in [0.2, 0.25) is 0 Å². The Hall–Kier alpha value is -2.01. The van der Waals surface area contributed by atoms with Crippen LogP contribution in [0.2, 0.25) is 5.02 Å². The quantitative estimate of drug-likeness (QED) is 0.730. The van der Waals surface area contributed by atoms with Gasteiger partial charge in [0, 0.05) is 35.4 Å². The molecule has 0 saturated carbocycles. The number of nitrogens with zero attached hydrogens (tertiary/aromatic N) is 4. The summed E-state index contributed by atoms with van der Waals surface area (Å²) in [6.07, 6.45) is 5.18. The molecule has 27 heavy (non-hydrogen) atoms. The van der Waals surface area contributed by atoms with Crippen molar-refractivity contribution in [2.24, 2.45) is 5.41 Å². The van der Waals surface area contributed by atoms with Crippen molar-refractivity contribution in [3.8, 4) is 11.5 Å². The van der Waals surface area contributed by atoms with Gasteiger partial charge < -0.3 is 4.90 Å². The van der Waals surface area contributed by atoms with Crippen LogP contribution in [0, 0.1) is 5.41 Å².